The van der Waals surface area contributed by atoms with Gasteiger partial charge in [-0.2, -0.15) is 0 Å². The number of carbonyl (C=O) groups is 3. The zero-order chi connectivity index (χ0) is 32.0. The zero-order valence-corrected chi connectivity index (χ0v) is 27.7. The van der Waals surface area contributed by atoms with E-state index in [1.54, 1.807) is 44.7 Å². The van der Waals surface area contributed by atoms with Crippen LogP contribution < -0.4 is 0 Å². The molecule has 0 spiro atoms. The predicted molar refractivity (Wildman–Crippen MR) is 165 cm³/mol. The summed E-state index contributed by atoms with van der Waals surface area (Å²) in [6, 6.07) is 5.45. The fraction of sp³-hybridized carbons (Fsp3) is 0.727. The van der Waals surface area contributed by atoms with Gasteiger partial charge in [0.1, 0.15) is 18.4 Å². The fourth-order valence-corrected chi connectivity index (χ4v) is 7.12. The van der Waals surface area contributed by atoms with Gasteiger partial charge in [0.05, 0.1) is 18.0 Å². The van der Waals surface area contributed by atoms with E-state index in [-0.39, 0.29) is 61.4 Å². The predicted octanol–water partition coefficient (Wildman–Crippen LogP) is 5.32. The molecule has 3 amide bonds. The van der Waals surface area contributed by atoms with Gasteiger partial charge < -0.3 is 14.7 Å². The molecule has 1 aromatic rings. The van der Waals surface area contributed by atoms with Gasteiger partial charge >= 0.3 is 0 Å². The molecule has 1 aliphatic carbocycles. The van der Waals surface area contributed by atoms with Crippen LogP contribution in [0.25, 0.3) is 0 Å². The molecule has 2 heterocycles. The molecule has 7 nitrogen and oxygen atoms in total. The molecule has 3 aliphatic rings. The summed E-state index contributed by atoms with van der Waals surface area (Å²) in [7, 11) is 3.31. The molecule has 7 atom stereocenters. The van der Waals surface area contributed by atoms with E-state index in [4.69, 9.17) is 11.6 Å². The summed E-state index contributed by atoms with van der Waals surface area (Å²) >= 11 is 6.18. The van der Waals surface area contributed by atoms with Crippen LogP contribution >= 0.6 is 11.6 Å². The second-order valence-electron chi connectivity index (χ2n) is 14.9. The third-order valence-corrected chi connectivity index (χ3v) is 9.72. The van der Waals surface area contributed by atoms with Gasteiger partial charge in [0.2, 0.25) is 17.7 Å². The van der Waals surface area contributed by atoms with Crippen molar-refractivity contribution < 1.29 is 23.2 Å². The molecule has 1 aromatic carbocycles. The Morgan fingerprint density at radius 2 is 1.53 bits per heavy atom. The lowest BCUT2D eigenvalue weighted by atomic mass is 9.86. The molecule has 0 bridgehead atoms. The molecule has 0 radical (unpaired) electrons. The maximum absolute atomic E-state index is 15.5. The lowest BCUT2D eigenvalue weighted by molar-refractivity contribution is -0.149. The molecule has 2 saturated heterocycles. The molecule has 10 heteroatoms. The van der Waals surface area contributed by atoms with Crippen molar-refractivity contribution >= 4 is 29.3 Å². The summed E-state index contributed by atoms with van der Waals surface area (Å²) in [5.41, 5.74) is 0.0183. The Kier molecular flexibility index (Phi) is 9.87. The molecular formula is C33H49ClF2N4O3. The average Bonchev–Trinajstić information content (AvgIpc) is 3.55. The molecule has 4 rings (SSSR count). The van der Waals surface area contributed by atoms with Crippen molar-refractivity contribution in [2.75, 3.05) is 33.7 Å². The number of likely N-dealkylation sites (N-methyl/N-ethyl adjacent to an activating group) is 1. The minimum atomic E-state index is -1.51. The number of halogens is 3. The van der Waals surface area contributed by atoms with Gasteiger partial charge in [0.15, 0.2) is 0 Å². The first-order valence-electron chi connectivity index (χ1n) is 15.5. The maximum atomic E-state index is 15.5. The normalized spacial score (nSPS) is 30.4. The van der Waals surface area contributed by atoms with Gasteiger partial charge in [-0.1, -0.05) is 44.5 Å². The topological polar surface area (TPSA) is 64.2 Å². The highest BCUT2D eigenvalue weighted by atomic mass is 35.5. The molecular weight excluding hydrogens is 574 g/mol. The van der Waals surface area contributed by atoms with Gasteiger partial charge in [-0.25, -0.2) is 8.78 Å². The van der Waals surface area contributed by atoms with Gasteiger partial charge in [-0.15, -0.1) is 0 Å². The van der Waals surface area contributed by atoms with Crippen LogP contribution in [0.2, 0.25) is 5.02 Å². The Bertz CT molecular complexity index is 1180. The third-order valence-electron chi connectivity index (χ3n) is 9.47. The van der Waals surface area contributed by atoms with E-state index in [0.29, 0.717) is 18.1 Å². The SMILES string of the molecule is CN(C)C(=O)[C@@H]1C[C@H](N(C(=O)C(C)(C)C)C2CCC(F)CC2F)CN1C(=O)C1CN(C(C)(C)C)C[C@@H]1c1ccc(Cl)cc1. The molecule has 1 saturated carbocycles. The van der Waals surface area contributed by atoms with Crippen LogP contribution in [0.4, 0.5) is 8.78 Å². The van der Waals surface area contributed by atoms with E-state index in [2.05, 4.69) is 25.7 Å². The van der Waals surface area contributed by atoms with E-state index in [1.165, 1.54) is 4.90 Å². The number of likely N-dealkylation sites (tertiary alicyclic amines) is 2. The van der Waals surface area contributed by atoms with E-state index >= 15 is 4.39 Å². The van der Waals surface area contributed by atoms with E-state index in [0.717, 1.165) is 5.56 Å². The Morgan fingerprint density at radius 3 is 2.07 bits per heavy atom. The molecule has 0 aromatic heterocycles. The minimum absolute atomic E-state index is 0.111. The standard InChI is InChI=1S/C33H49ClF2N4O3/c1-32(2,3)31(43)40(27-14-13-22(35)15-26(27)36)23-16-28(30(42)37(7)8)39(17-23)29(41)25-19-38(33(4,5)6)18-24(25)20-9-11-21(34)12-10-20/h9-12,22-28H,13-19H2,1-8H3/t22?,23-,24+,25?,26?,27?,28-/m0/s1. The summed E-state index contributed by atoms with van der Waals surface area (Å²) < 4.78 is 29.6. The number of alkyl halides is 2. The molecule has 3 fully saturated rings. The minimum Gasteiger partial charge on any atom is -0.347 e. The van der Waals surface area contributed by atoms with Crippen LogP contribution in [-0.2, 0) is 14.4 Å². The lowest BCUT2D eigenvalue weighted by Gasteiger charge is -2.43. The van der Waals surface area contributed by atoms with E-state index < -0.39 is 41.8 Å². The van der Waals surface area contributed by atoms with E-state index in [9.17, 15) is 18.8 Å². The second-order valence-corrected chi connectivity index (χ2v) is 15.4. The third kappa shape index (κ3) is 7.19. The van der Waals surface area contributed by atoms with Crippen LogP contribution in [0.3, 0.4) is 0 Å². The van der Waals surface area contributed by atoms with Crippen molar-refractivity contribution in [3.63, 3.8) is 0 Å². The Morgan fingerprint density at radius 1 is 0.907 bits per heavy atom. The number of carbonyl (C=O) groups excluding carboxylic acids is 3. The highest BCUT2D eigenvalue weighted by Gasteiger charge is 2.52. The maximum Gasteiger partial charge on any atom is 0.244 e. The number of amides is 3. The van der Waals surface area contributed by atoms with Crippen LogP contribution in [0.5, 0.6) is 0 Å². The van der Waals surface area contributed by atoms with Crippen molar-refractivity contribution in [3.8, 4) is 0 Å². The average molecular weight is 623 g/mol. The molecule has 4 unspecified atom stereocenters. The first-order chi connectivity index (χ1) is 19.9. The van der Waals surface area contributed by atoms with Gasteiger partial charge in [-0.05, 0) is 57.7 Å². The Labute approximate surface area is 260 Å². The first-order valence-corrected chi connectivity index (χ1v) is 15.9. The zero-order valence-electron chi connectivity index (χ0n) is 26.9. The van der Waals surface area contributed by atoms with Crippen molar-refractivity contribution in [2.24, 2.45) is 11.3 Å². The van der Waals surface area contributed by atoms with Crippen molar-refractivity contribution in [1.29, 1.82) is 0 Å². The van der Waals surface area contributed by atoms with Gasteiger partial charge in [-0.3, -0.25) is 19.3 Å². The first kappa shape index (κ1) is 33.6. The molecule has 240 valence electrons. The van der Waals surface area contributed by atoms with Crippen molar-refractivity contribution in [2.45, 2.75) is 109 Å². The lowest BCUT2D eigenvalue weighted by Crippen LogP contribution is -2.57. The van der Waals surface area contributed by atoms with Gasteiger partial charge in [0.25, 0.3) is 0 Å². The smallest absolute Gasteiger partial charge is 0.244 e. The molecule has 0 N–H and O–H groups in total. The molecule has 2 aliphatic heterocycles. The quantitative estimate of drug-likeness (QED) is 0.446. The van der Waals surface area contributed by atoms with Crippen LogP contribution in [-0.4, -0.2) is 107 Å². The summed E-state index contributed by atoms with van der Waals surface area (Å²) in [4.78, 5) is 49.1. The van der Waals surface area contributed by atoms with Crippen LogP contribution in [0.1, 0.15) is 78.7 Å². The second kappa shape index (κ2) is 12.6. The highest BCUT2D eigenvalue weighted by Crippen LogP contribution is 2.41. The number of hydrogen-bond donors (Lipinski definition) is 0. The van der Waals surface area contributed by atoms with Crippen LogP contribution in [0.15, 0.2) is 24.3 Å². The summed E-state index contributed by atoms with van der Waals surface area (Å²) in [5, 5.41) is 0.618. The van der Waals surface area contributed by atoms with Crippen molar-refractivity contribution in [3.05, 3.63) is 34.9 Å². The number of nitrogens with zero attached hydrogens (tertiary/aromatic N) is 4. The summed E-state index contributed by atoms with van der Waals surface area (Å²) in [6.45, 7) is 13.1. The number of benzene rings is 1. The van der Waals surface area contributed by atoms with E-state index in [1.807, 2.05) is 24.3 Å². The Balaban J connectivity index is 1.71. The summed E-state index contributed by atoms with van der Waals surface area (Å²) in [6.07, 6.45) is -2.38. The summed E-state index contributed by atoms with van der Waals surface area (Å²) in [5.74, 6) is -1.13. The van der Waals surface area contributed by atoms with Crippen LogP contribution in [0, 0.1) is 11.3 Å². The monoisotopic (exact) mass is 622 g/mol. The van der Waals surface area contributed by atoms with Gasteiger partial charge in [0, 0.05) is 62.0 Å². The molecule has 43 heavy (non-hydrogen) atoms. The Hall–Kier alpha value is -2.26. The number of rotatable bonds is 5. The number of hydrogen-bond acceptors (Lipinski definition) is 4. The largest absolute Gasteiger partial charge is 0.347 e. The fourth-order valence-electron chi connectivity index (χ4n) is 6.99. The van der Waals surface area contributed by atoms with Crippen molar-refractivity contribution in [1.82, 2.24) is 19.6 Å². The highest BCUT2D eigenvalue weighted by molar-refractivity contribution is 6.30.